The second-order valence-corrected chi connectivity index (χ2v) is 2.34. The summed E-state index contributed by atoms with van der Waals surface area (Å²) in [6, 6.07) is 0. The SMILES string of the molecule is CCCSCOC=O. The number of thioether (sulfide) groups is 1. The number of rotatable bonds is 5. The van der Waals surface area contributed by atoms with Gasteiger partial charge in [0.1, 0.15) is 5.94 Å². The van der Waals surface area contributed by atoms with Crippen LogP contribution in [0.5, 0.6) is 0 Å². The Morgan fingerprint density at radius 1 is 1.75 bits per heavy atom. The summed E-state index contributed by atoms with van der Waals surface area (Å²) < 4.78 is 4.42. The molecule has 0 aliphatic carbocycles. The molecule has 0 amide bonds. The molecule has 0 N–H and O–H groups in total. The van der Waals surface area contributed by atoms with Crippen molar-refractivity contribution in [3.05, 3.63) is 0 Å². The van der Waals surface area contributed by atoms with Gasteiger partial charge in [-0.05, 0) is 12.2 Å². The molecule has 0 saturated carbocycles. The second-order valence-electron chi connectivity index (χ2n) is 1.29. The third-order valence-corrected chi connectivity index (χ3v) is 1.57. The van der Waals surface area contributed by atoms with E-state index in [-0.39, 0.29) is 0 Å². The zero-order valence-electron chi connectivity index (χ0n) is 4.92. The lowest BCUT2D eigenvalue weighted by molar-refractivity contribution is -0.126. The molecule has 0 heterocycles. The first kappa shape index (κ1) is 7.82. The summed E-state index contributed by atoms with van der Waals surface area (Å²) in [7, 11) is 0. The third-order valence-electron chi connectivity index (χ3n) is 0.568. The average Bonchev–Trinajstić information content (AvgIpc) is 1.81. The van der Waals surface area contributed by atoms with Crippen molar-refractivity contribution in [3.8, 4) is 0 Å². The number of carbonyl (C=O) groups excluding carboxylic acids is 1. The van der Waals surface area contributed by atoms with Crippen molar-refractivity contribution >= 4 is 18.2 Å². The van der Waals surface area contributed by atoms with E-state index in [4.69, 9.17) is 0 Å². The molecule has 0 aliphatic heterocycles. The minimum Gasteiger partial charge on any atom is -0.457 e. The molecule has 0 spiro atoms. The van der Waals surface area contributed by atoms with Gasteiger partial charge in [0.25, 0.3) is 6.47 Å². The van der Waals surface area contributed by atoms with Crippen LogP contribution in [0.15, 0.2) is 0 Å². The minimum atomic E-state index is 0.475. The Morgan fingerprint density at radius 3 is 3.00 bits per heavy atom. The van der Waals surface area contributed by atoms with Gasteiger partial charge in [-0.1, -0.05) is 6.92 Å². The summed E-state index contributed by atoms with van der Waals surface area (Å²) in [6.07, 6.45) is 1.13. The normalized spacial score (nSPS) is 8.62. The standard InChI is InChI=1S/C5H10O2S/c1-2-3-8-5-7-4-6/h4H,2-3,5H2,1H3. The molecule has 0 rings (SSSR count). The highest BCUT2D eigenvalue weighted by Crippen LogP contribution is 1.99. The van der Waals surface area contributed by atoms with Crippen LogP contribution in [0.2, 0.25) is 0 Å². The van der Waals surface area contributed by atoms with Crippen molar-refractivity contribution in [1.29, 1.82) is 0 Å². The molecule has 0 atom stereocenters. The van der Waals surface area contributed by atoms with Gasteiger partial charge < -0.3 is 4.74 Å². The maximum Gasteiger partial charge on any atom is 0.293 e. The van der Waals surface area contributed by atoms with Crippen LogP contribution in [0.3, 0.4) is 0 Å². The van der Waals surface area contributed by atoms with Crippen molar-refractivity contribution in [2.75, 3.05) is 11.7 Å². The van der Waals surface area contributed by atoms with Crippen LogP contribution < -0.4 is 0 Å². The van der Waals surface area contributed by atoms with Gasteiger partial charge in [-0.3, -0.25) is 4.79 Å². The maximum absolute atomic E-state index is 9.53. The third kappa shape index (κ3) is 5.82. The first-order chi connectivity index (χ1) is 3.91. The van der Waals surface area contributed by atoms with Crippen LogP contribution >= 0.6 is 11.8 Å². The van der Waals surface area contributed by atoms with Crippen LogP contribution in [-0.2, 0) is 9.53 Å². The Balaban J connectivity index is 2.62. The summed E-state index contributed by atoms with van der Waals surface area (Å²) in [5, 5.41) is 0. The molecule has 48 valence electrons. The molecule has 0 aliphatic rings. The summed E-state index contributed by atoms with van der Waals surface area (Å²) in [6.45, 7) is 2.57. The predicted molar refractivity (Wildman–Crippen MR) is 34.8 cm³/mol. The van der Waals surface area contributed by atoms with Crippen molar-refractivity contribution in [2.24, 2.45) is 0 Å². The van der Waals surface area contributed by atoms with E-state index in [1.165, 1.54) is 0 Å². The first-order valence-corrected chi connectivity index (χ1v) is 3.70. The molecule has 0 aromatic heterocycles. The molecule has 0 aromatic rings. The summed E-state index contributed by atoms with van der Waals surface area (Å²) in [5.41, 5.74) is 0. The zero-order chi connectivity index (χ0) is 6.24. The quantitative estimate of drug-likeness (QED) is 0.321. The van der Waals surface area contributed by atoms with Gasteiger partial charge in [-0.2, -0.15) is 0 Å². The van der Waals surface area contributed by atoms with Gasteiger partial charge >= 0.3 is 0 Å². The molecule has 8 heavy (non-hydrogen) atoms. The Hall–Kier alpha value is -0.180. The van der Waals surface area contributed by atoms with E-state index in [1.807, 2.05) is 0 Å². The van der Waals surface area contributed by atoms with E-state index in [2.05, 4.69) is 11.7 Å². The molecule has 0 unspecified atom stereocenters. The highest BCUT2D eigenvalue weighted by molar-refractivity contribution is 7.99. The zero-order valence-corrected chi connectivity index (χ0v) is 5.74. The van der Waals surface area contributed by atoms with Crippen LogP contribution in [0, 0.1) is 0 Å². The lowest BCUT2D eigenvalue weighted by Crippen LogP contribution is -1.86. The Bertz CT molecular complexity index is 56.4. The molecule has 2 nitrogen and oxygen atoms in total. The fraction of sp³-hybridized carbons (Fsp3) is 0.800. The molecule has 3 heteroatoms. The lowest BCUT2D eigenvalue weighted by atomic mass is 10.6. The predicted octanol–water partition coefficient (Wildman–Crippen LogP) is 1.26. The number of hydrogen-bond acceptors (Lipinski definition) is 3. The Kier molecular flexibility index (Phi) is 6.67. The lowest BCUT2D eigenvalue weighted by Gasteiger charge is -1.93. The summed E-state index contributed by atoms with van der Waals surface area (Å²) in [5.74, 6) is 1.56. The van der Waals surface area contributed by atoms with Crippen LogP contribution in [0.4, 0.5) is 0 Å². The van der Waals surface area contributed by atoms with Gasteiger partial charge in [-0.15, -0.1) is 11.8 Å². The highest BCUT2D eigenvalue weighted by Gasteiger charge is 1.82. The monoisotopic (exact) mass is 134 g/mol. The number of carbonyl (C=O) groups is 1. The largest absolute Gasteiger partial charge is 0.457 e. The molecular weight excluding hydrogens is 124 g/mol. The molecule has 0 aromatic carbocycles. The average molecular weight is 134 g/mol. The van der Waals surface area contributed by atoms with Gasteiger partial charge in [0.15, 0.2) is 0 Å². The number of hydrogen-bond donors (Lipinski definition) is 0. The first-order valence-electron chi connectivity index (χ1n) is 2.54. The van der Waals surface area contributed by atoms with Gasteiger partial charge in [0.05, 0.1) is 0 Å². The van der Waals surface area contributed by atoms with Crippen molar-refractivity contribution in [1.82, 2.24) is 0 Å². The minimum absolute atomic E-state index is 0.475. The topological polar surface area (TPSA) is 26.3 Å². The molecule has 0 bridgehead atoms. The van der Waals surface area contributed by atoms with E-state index >= 15 is 0 Å². The molecule has 0 radical (unpaired) electrons. The van der Waals surface area contributed by atoms with E-state index in [1.54, 1.807) is 11.8 Å². The fourth-order valence-corrected chi connectivity index (χ4v) is 0.837. The van der Waals surface area contributed by atoms with Crippen LogP contribution in [0.1, 0.15) is 13.3 Å². The molecule has 0 saturated heterocycles. The smallest absolute Gasteiger partial charge is 0.293 e. The van der Waals surface area contributed by atoms with E-state index in [0.29, 0.717) is 12.4 Å². The van der Waals surface area contributed by atoms with E-state index < -0.39 is 0 Å². The van der Waals surface area contributed by atoms with Crippen molar-refractivity contribution in [3.63, 3.8) is 0 Å². The van der Waals surface area contributed by atoms with E-state index in [0.717, 1.165) is 12.2 Å². The molecule has 0 fully saturated rings. The highest BCUT2D eigenvalue weighted by atomic mass is 32.2. The fourth-order valence-electron chi connectivity index (χ4n) is 0.279. The maximum atomic E-state index is 9.53. The Morgan fingerprint density at radius 2 is 2.50 bits per heavy atom. The van der Waals surface area contributed by atoms with Gasteiger partial charge in [0, 0.05) is 0 Å². The summed E-state index contributed by atoms with van der Waals surface area (Å²) in [4.78, 5) is 9.53. The summed E-state index contributed by atoms with van der Waals surface area (Å²) >= 11 is 1.62. The van der Waals surface area contributed by atoms with Gasteiger partial charge in [-0.25, -0.2) is 0 Å². The van der Waals surface area contributed by atoms with Crippen molar-refractivity contribution < 1.29 is 9.53 Å². The second kappa shape index (κ2) is 6.82. The Labute approximate surface area is 53.6 Å². The number of ether oxygens (including phenoxy) is 1. The van der Waals surface area contributed by atoms with E-state index in [9.17, 15) is 4.79 Å². The van der Waals surface area contributed by atoms with Crippen LogP contribution in [0.25, 0.3) is 0 Å². The van der Waals surface area contributed by atoms with Crippen molar-refractivity contribution in [2.45, 2.75) is 13.3 Å². The molecular formula is C5H10O2S. The van der Waals surface area contributed by atoms with Gasteiger partial charge in [0.2, 0.25) is 0 Å². The van der Waals surface area contributed by atoms with Crippen LogP contribution in [-0.4, -0.2) is 18.2 Å².